The van der Waals surface area contributed by atoms with E-state index >= 15 is 0 Å². The second kappa shape index (κ2) is 42.0. The average molecular weight is 1470 g/mol. The lowest BCUT2D eigenvalue weighted by Crippen LogP contribution is -2.34. The summed E-state index contributed by atoms with van der Waals surface area (Å²) in [6.07, 6.45) is 11.0. The van der Waals surface area contributed by atoms with Crippen molar-refractivity contribution in [2.75, 3.05) is 41.0 Å². The lowest BCUT2D eigenvalue weighted by molar-refractivity contribution is -0.131. The van der Waals surface area contributed by atoms with Crippen molar-refractivity contribution < 1.29 is 42.8 Å². The van der Waals surface area contributed by atoms with Gasteiger partial charge in [-0.1, -0.05) is 211 Å². The highest BCUT2D eigenvalue weighted by atomic mass is 35.5. The summed E-state index contributed by atoms with van der Waals surface area (Å²) in [6, 6.07) is 89.0. The van der Waals surface area contributed by atoms with Crippen molar-refractivity contribution in [1.29, 1.82) is 0 Å². The fraction of sp³-hybridized carbons (Fsp3) is 0.178. The molecule has 9 aromatic carbocycles. The summed E-state index contributed by atoms with van der Waals surface area (Å²) in [7, 11) is 4.82. The van der Waals surface area contributed by atoms with E-state index < -0.39 is 0 Å². The zero-order valence-electron chi connectivity index (χ0n) is 60.3. The molecule has 15 nitrogen and oxygen atoms in total. The van der Waals surface area contributed by atoms with Gasteiger partial charge in [-0.2, -0.15) is 0 Å². The maximum Gasteiger partial charge on any atom is 0.254 e. The molecule has 3 heterocycles. The van der Waals surface area contributed by atoms with E-state index in [0.29, 0.717) is 128 Å². The van der Waals surface area contributed by atoms with Crippen LogP contribution in [0.2, 0.25) is 10.0 Å². The molecule has 0 aliphatic heterocycles. The third kappa shape index (κ3) is 25.1. The van der Waals surface area contributed by atoms with Crippen LogP contribution in [0.3, 0.4) is 0 Å². The molecular formula is C90H86Cl2N6O9. The predicted octanol–water partition coefficient (Wildman–Crippen LogP) is 18.3. The number of hydrogen-bond acceptors (Lipinski definition) is 12. The number of hydrogen-bond donors (Lipinski definition) is 0. The van der Waals surface area contributed by atoms with E-state index in [0.717, 1.165) is 61.6 Å². The first kappa shape index (κ1) is 77.6. The predicted molar refractivity (Wildman–Crippen MR) is 423 cm³/mol. The molecule has 0 aliphatic carbocycles. The summed E-state index contributed by atoms with van der Waals surface area (Å²) >= 11 is 12.7. The number of ether oxygens (including phenoxy) is 6. The highest BCUT2D eigenvalue weighted by molar-refractivity contribution is 6.31. The summed E-state index contributed by atoms with van der Waals surface area (Å²) in [5.41, 5.74) is 11.1. The number of pyridine rings is 3. The molecule has 3 amide bonds. The average Bonchev–Trinajstić information content (AvgIpc) is 0.845. The monoisotopic (exact) mass is 1460 g/mol. The van der Waals surface area contributed by atoms with Gasteiger partial charge in [0.2, 0.25) is 11.8 Å². The van der Waals surface area contributed by atoms with Gasteiger partial charge in [-0.3, -0.25) is 29.3 Å². The number of carbonyl (C=O) groups excluding carboxylic acids is 3. The van der Waals surface area contributed by atoms with Crippen molar-refractivity contribution in [3.63, 3.8) is 0 Å². The van der Waals surface area contributed by atoms with Crippen LogP contribution in [0.5, 0.6) is 34.5 Å². The van der Waals surface area contributed by atoms with Crippen molar-refractivity contribution in [3.8, 4) is 34.5 Å². The van der Waals surface area contributed by atoms with Gasteiger partial charge in [-0.05, 0) is 142 Å². The topological polar surface area (TPSA) is 155 Å². The van der Waals surface area contributed by atoms with E-state index in [1.165, 1.54) is 0 Å². The molecule has 0 radical (unpaired) electrons. The van der Waals surface area contributed by atoms with Crippen LogP contribution in [-0.2, 0) is 74.7 Å². The van der Waals surface area contributed by atoms with Crippen LogP contribution >= 0.6 is 23.2 Å². The number of rotatable bonds is 32. The Morgan fingerprint density at radius 2 is 0.748 bits per heavy atom. The fourth-order valence-corrected chi connectivity index (χ4v) is 11.8. The first-order valence-corrected chi connectivity index (χ1v) is 36.0. The Morgan fingerprint density at radius 1 is 0.364 bits per heavy atom. The molecule has 0 aliphatic rings. The van der Waals surface area contributed by atoms with Crippen LogP contribution in [0.15, 0.2) is 304 Å². The van der Waals surface area contributed by atoms with Gasteiger partial charge >= 0.3 is 0 Å². The van der Waals surface area contributed by atoms with Crippen LogP contribution in [-0.4, -0.2) is 88.3 Å². The number of methoxy groups -OCH3 is 3. The lowest BCUT2D eigenvalue weighted by Gasteiger charge is -2.24. The van der Waals surface area contributed by atoms with Crippen LogP contribution in [0.25, 0.3) is 6.08 Å². The van der Waals surface area contributed by atoms with Crippen LogP contribution in [0.1, 0.15) is 71.9 Å². The SMILES string of the molecule is COc1cc(C(=O)N(CCc2ccccn2)Cc2ccccc2Cl)ccc1OCc1ccccc1.COc1cc(CN(CCc2ccccn2)C(=O)/C=C/c2ccccc2)ccc1OCc1ccccc1.COc1cc(CN(CCc2ccccn2)C(=O)Cc2ccccc2Cl)ccc1OCc1ccccc1. The standard InChI is InChI=1S/C31H30N2O3.C30H29ClN2O3.C29H27ClN2O3/c1-35-30-22-27(15-17-29(30)36-24-26-12-6-3-7-13-26)23-33(21-19-28-14-8-9-20-32-28)31(34)18-16-25-10-4-2-5-11-25;1-35-29-19-24(14-15-28(29)36-22-23-9-3-2-4-10-23)21-33(18-16-26-12-7-8-17-32-26)30(34)20-25-11-5-6-13-27(25)31;1-34-28-19-23(14-15-27(28)35-21-22-9-3-2-4-10-22)29(33)32(18-16-25-12-7-8-17-31-25)20-24-11-5-6-13-26(24)30/h2-18,20,22H,19,21,23-24H2,1H3;2-15,17,19H,16,18,20-22H2,1H3;2-15,17,19H,16,18,20-21H2,1H3/b18-16+;;. The fourth-order valence-electron chi connectivity index (χ4n) is 11.4. The van der Waals surface area contributed by atoms with E-state index in [9.17, 15) is 14.4 Å². The Balaban J connectivity index is 0.000000172. The zero-order chi connectivity index (χ0) is 74.6. The van der Waals surface area contributed by atoms with Crippen molar-refractivity contribution in [2.24, 2.45) is 0 Å². The van der Waals surface area contributed by atoms with Gasteiger partial charge in [-0.15, -0.1) is 0 Å². The molecule has 0 unspecified atom stereocenters. The number of amides is 3. The number of halogens is 2. The van der Waals surface area contributed by atoms with Crippen LogP contribution < -0.4 is 28.4 Å². The summed E-state index contributed by atoms with van der Waals surface area (Å²) in [4.78, 5) is 58.8. The quantitative estimate of drug-likeness (QED) is 0.0369. The van der Waals surface area contributed by atoms with Crippen molar-refractivity contribution in [3.05, 3.63) is 381 Å². The summed E-state index contributed by atoms with van der Waals surface area (Å²) < 4.78 is 34.7. The van der Waals surface area contributed by atoms with Crippen molar-refractivity contribution >= 4 is 47.0 Å². The third-order valence-electron chi connectivity index (χ3n) is 17.2. The maximum absolute atomic E-state index is 13.6. The Labute approximate surface area is 637 Å². The first-order chi connectivity index (χ1) is 52.5. The minimum absolute atomic E-state index is 0.00222. The Kier molecular flexibility index (Phi) is 30.5. The Bertz CT molecular complexity index is 4730. The van der Waals surface area contributed by atoms with Gasteiger partial charge in [0, 0.05) is 116 Å². The molecule has 0 fully saturated rings. The van der Waals surface area contributed by atoms with Crippen molar-refractivity contribution in [1.82, 2.24) is 29.7 Å². The summed E-state index contributed by atoms with van der Waals surface area (Å²) in [5, 5.41) is 1.22. The molecular weight excluding hydrogens is 1380 g/mol. The van der Waals surface area contributed by atoms with Gasteiger partial charge in [0.1, 0.15) is 19.8 Å². The number of carbonyl (C=O) groups is 3. The number of benzene rings is 9. The smallest absolute Gasteiger partial charge is 0.254 e. The molecule has 12 rings (SSSR count). The van der Waals surface area contributed by atoms with Gasteiger partial charge < -0.3 is 43.1 Å². The Hall–Kier alpha value is -12.0. The molecule has 0 atom stereocenters. The van der Waals surface area contributed by atoms with E-state index in [2.05, 4.69) is 15.0 Å². The molecule has 0 saturated carbocycles. The van der Waals surface area contributed by atoms with Crippen LogP contribution in [0.4, 0.5) is 0 Å². The number of nitrogens with zero attached hydrogens (tertiary/aromatic N) is 6. The van der Waals surface area contributed by atoms with E-state index in [4.69, 9.17) is 51.6 Å². The van der Waals surface area contributed by atoms with Crippen LogP contribution in [0, 0.1) is 0 Å². The van der Waals surface area contributed by atoms with Gasteiger partial charge in [0.05, 0.1) is 27.8 Å². The highest BCUT2D eigenvalue weighted by Gasteiger charge is 2.22. The highest BCUT2D eigenvalue weighted by Crippen LogP contribution is 2.33. The minimum atomic E-state index is -0.117. The minimum Gasteiger partial charge on any atom is -0.493 e. The second-order valence-electron chi connectivity index (χ2n) is 24.8. The first-order valence-electron chi connectivity index (χ1n) is 35.2. The molecule has 107 heavy (non-hydrogen) atoms. The normalized spacial score (nSPS) is 10.7. The molecule has 3 aromatic heterocycles. The molecule has 17 heteroatoms. The van der Waals surface area contributed by atoms with Crippen molar-refractivity contribution in [2.45, 2.75) is 65.1 Å². The molecule has 12 aromatic rings. The van der Waals surface area contributed by atoms with Gasteiger partial charge in [0.25, 0.3) is 5.91 Å². The summed E-state index contributed by atoms with van der Waals surface area (Å²) in [5.74, 6) is 3.52. The van der Waals surface area contributed by atoms with E-state index in [1.54, 1.807) is 75.2 Å². The third-order valence-corrected chi connectivity index (χ3v) is 17.9. The zero-order valence-corrected chi connectivity index (χ0v) is 61.8. The van der Waals surface area contributed by atoms with E-state index in [-0.39, 0.29) is 24.1 Å². The number of aromatic nitrogens is 3. The molecule has 0 bridgehead atoms. The second-order valence-corrected chi connectivity index (χ2v) is 25.6. The van der Waals surface area contributed by atoms with Gasteiger partial charge in [-0.25, -0.2) is 0 Å². The molecule has 544 valence electrons. The lowest BCUT2D eigenvalue weighted by atomic mass is 10.1. The molecule has 0 N–H and O–H groups in total. The largest absolute Gasteiger partial charge is 0.493 e. The molecule has 0 saturated heterocycles. The van der Waals surface area contributed by atoms with Gasteiger partial charge in [0.15, 0.2) is 34.5 Å². The van der Waals surface area contributed by atoms with E-state index in [1.807, 2.05) is 271 Å². The Morgan fingerprint density at radius 3 is 1.19 bits per heavy atom. The molecule has 0 spiro atoms. The maximum atomic E-state index is 13.6. The summed E-state index contributed by atoms with van der Waals surface area (Å²) in [6.45, 7) is 4.16.